The Morgan fingerprint density at radius 1 is 1.43 bits per heavy atom. The molecule has 23 heavy (non-hydrogen) atoms. The van der Waals surface area contributed by atoms with Crippen LogP contribution >= 0.6 is 11.3 Å². The van der Waals surface area contributed by atoms with E-state index in [1.54, 1.807) is 16.2 Å². The lowest BCUT2D eigenvalue weighted by Gasteiger charge is -2.34. The molecule has 2 rings (SSSR count). The Balaban J connectivity index is 1.75. The van der Waals surface area contributed by atoms with Crippen LogP contribution < -0.4 is 5.32 Å². The zero-order valence-electron chi connectivity index (χ0n) is 14.1. The van der Waals surface area contributed by atoms with E-state index < -0.39 is 5.60 Å². The SMILES string of the molecule is CC(C)(C)OC(=O)N1CCCC(CNC(=O)Cc2ccsc2)C1. The Kier molecular flexibility index (Phi) is 6.04. The van der Waals surface area contributed by atoms with Crippen molar-refractivity contribution in [3.8, 4) is 0 Å². The van der Waals surface area contributed by atoms with Crippen molar-refractivity contribution in [2.24, 2.45) is 5.92 Å². The molecule has 1 aromatic rings. The van der Waals surface area contributed by atoms with Gasteiger partial charge in [0, 0.05) is 19.6 Å². The lowest BCUT2D eigenvalue weighted by Crippen LogP contribution is -2.45. The van der Waals surface area contributed by atoms with Crippen LogP contribution in [0.25, 0.3) is 0 Å². The number of hydrogen-bond donors (Lipinski definition) is 1. The van der Waals surface area contributed by atoms with E-state index in [-0.39, 0.29) is 12.0 Å². The zero-order valence-corrected chi connectivity index (χ0v) is 14.9. The predicted molar refractivity (Wildman–Crippen MR) is 91.6 cm³/mol. The molecule has 1 saturated heterocycles. The molecule has 1 N–H and O–H groups in total. The Hall–Kier alpha value is -1.56. The van der Waals surface area contributed by atoms with Crippen molar-refractivity contribution < 1.29 is 14.3 Å². The first kappa shape index (κ1) is 17.8. The van der Waals surface area contributed by atoms with Gasteiger partial charge in [-0.3, -0.25) is 4.79 Å². The highest BCUT2D eigenvalue weighted by Gasteiger charge is 2.27. The summed E-state index contributed by atoms with van der Waals surface area (Å²) in [6.07, 6.45) is 2.14. The highest BCUT2D eigenvalue weighted by molar-refractivity contribution is 7.07. The molecule has 1 aromatic heterocycles. The van der Waals surface area contributed by atoms with Crippen LogP contribution in [0.15, 0.2) is 16.8 Å². The highest BCUT2D eigenvalue weighted by Crippen LogP contribution is 2.19. The number of carbonyl (C=O) groups excluding carboxylic acids is 2. The van der Waals surface area contributed by atoms with E-state index in [4.69, 9.17) is 4.74 Å². The second-order valence-electron chi connectivity index (χ2n) is 7.05. The van der Waals surface area contributed by atoms with Gasteiger partial charge in [0.25, 0.3) is 0 Å². The second kappa shape index (κ2) is 7.81. The van der Waals surface area contributed by atoms with Gasteiger partial charge in [-0.2, -0.15) is 11.3 Å². The quantitative estimate of drug-likeness (QED) is 0.918. The van der Waals surface area contributed by atoms with Crippen LogP contribution in [-0.4, -0.2) is 42.1 Å². The van der Waals surface area contributed by atoms with Crippen LogP contribution in [0.1, 0.15) is 39.2 Å². The van der Waals surface area contributed by atoms with Gasteiger partial charge in [0.1, 0.15) is 5.60 Å². The fourth-order valence-corrected chi connectivity index (χ4v) is 3.29. The number of rotatable bonds is 4. The normalized spacial score (nSPS) is 18.6. The summed E-state index contributed by atoms with van der Waals surface area (Å²) in [5, 5.41) is 6.95. The van der Waals surface area contributed by atoms with Gasteiger partial charge in [-0.05, 0) is 61.9 Å². The van der Waals surface area contributed by atoms with Crippen LogP contribution in [0, 0.1) is 5.92 Å². The maximum atomic E-state index is 12.1. The van der Waals surface area contributed by atoms with Crippen molar-refractivity contribution in [3.05, 3.63) is 22.4 Å². The summed E-state index contributed by atoms with van der Waals surface area (Å²) in [4.78, 5) is 25.8. The summed E-state index contributed by atoms with van der Waals surface area (Å²) in [7, 11) is 0. The van der Waals surface area contributed by atoms with Gasteiger partial charge in [-0.25, -0.2) is 4.79 Å². The standard InChI is InChI=1S/C17H26N2O3S/c1-17(2,3)22-16(21)19-7-4-5-14(11-19)10-18-15(20)9-13-6-8-23-12-13/h6,8,12,14H,4-5,7,9-11H2,1-3H3,(H,18,20). The molecule has 1 fully saturated rings. The van der Waals surface area contributed by atoms with E-state index >= 15 is 0 Å². The molecule has 0 spiro atoms. The van der Waals surface area contributed by atoms with E-state index in [1.807, 2.05) is 37.6 Å². The summed E-state index contributed by atoms with van der Waals surface area (Å²) in [6, 6.07) is 1.97. The van der Waals surface area contributed by atoms with Gasteiger partial charge in [-0.1, -0.05) is 0 Å². The zero-order chi connectivity index (χ0) is 16.9. The monoisotopic (exact) mass is 338 g/mol. The minimum atomic E-state index is -0.473. The van der Waals surface area contributed by atoms with Crippen LogP contribution in [0.4, 0.5) is 4.79 Å². The number of likely N-dealkylation sites (tertiary alicyclic amines) is 1. The van der Waals surface area contributed by atoms with Gasteiger partial charge < -0.3 is 15.0 Å². The molecule has 1 atom stereocenters. The van der Waals surface area contributed by atoms with Crippen molar-refractivity contribution in [2.45, 2.75) is 45.6 Å². The van der Waals surface area contributed by atoms with Gasteiger partial charge in [0.15, 0.2) is 0 Å². The molecule has 0 aromatic carbocycles. The summed E-state index contributed by atoms with van der Waals surface area (Å²) >= 11 is 1.60. The number of nitrogens with one attached hydrogen (secondary N) is 1. The first-order valence-electron chi connectivity index (χ1n) is 8.09. The van der Waals surface area contributed by atoms with Crippen LogP contribution in [-0.2, 0) is 16.0 Å². The number of hydrogen-bond acceptors (Lipinski definition) is 4. The first-order chi connectivity index (χ1) is 10.8. The Morgan fingerprint density at radius 2 is 2.22 bits per heavy atom. The summed E-state index contributed by atoms with van der Waals surface area (Å²) in [6.45, 7) is 7.61. The second-order valence-corrected chi connectivity index (χ2v) is 7.83. The average Bonchev–Trinajstić information content (AvgIpc) is 2.96. The molecule has 1 aliphatic rings. The van der Waals surface area contributed by atoms with Crippen LogP contribution in [0.3, 0.4) is 0 Å². The predicted octanol–water partition coefficient (Wildman–Crippen LogP) is 3.05. The Morgan fingerprint density at radius 3 is 2.87 bits per heavy atom. The molecular weight excluding hydrogens is 312 g/mol. The molecular formula is C17H26N2O3S. The highest BCUT2D eigenvalue weighted by atomic mass is 32.1. The molecule has 2 amide bonds. The maximum Gasteiger partial charge on any atom is 0.410 e. The Bertz CT molecular complexity index is 522. The third kappa shape index (κ3) is 6.22. The van der Waals surface area contributed by atoms with Crippen molar-refractivity contribution in [1.29, 1.82) is 0 Å². The summed E-state index contributed by atoms with van der Waals surface area (Å²) in [5.41, 5.74) is 0.574. The fraction of sp³-hybridized carbons (Fsp3) is 0.647. The summed E-state index contributed by atoms with van der Waals surface area (Å²) in [5.74, 6) is 0.334. The molecule has 0 bridgehead atoms. The first-order valence-corrected chi connectivity index (χ1v) is 9.03. The minimum Gasteiger partial charge on any atom is -0.444 e. The molecule has 0 saturated carbocycles. The Labute approximate surface area is 142 Å². The van der Waals surface area contributed by atoms with Crippen molar-refractivity contribution >= 4 is 23.3 Å². The number of amides is 2. The minimum absolute atomic E-state index is 0.0396. The number of piperidine rings is 1. The molecule has 1 unspecified atom stereocenters. The molecule has 1 aliphatic heterocycles. The van der Waals surface area contributed by atoms with Crippen molar-refractivity contribution in [2.75, 3.05) is 19.6 Å². The maximum absolute atomic E-state index is 12.1. The smallest absolute Gasteiger partial charge is 0.410 e. The lowest BCUT2D eigenvalue weighted by atomic mass is 9.98. The van der Waals surface area contributed by atoms with E-state index in [1.165, 1.54) is 0 Å². The number of ether oxygens (including phenoxy) is 1. The van der Waals surface area contributed by atoms with E-state index in [0.717, 1.165) is 24.9 Å². The van der Waals surface area contributed by atoms with Gasteiger partial charge in [-0.15, -0.1) is 0 Å². The van der Waals surface area contributed by atoms with E-state index in [9.17, 15) is 9.59 Å². The molecule has 5 nitrogen and oxygen atoms in total. The number of nitrogens with zero attached hydrogens (tertiary/aromatic N) is 1. The third-order valence-corrected chi connectivity index (χ3v) is 4.44. The lowest BCUT2D eigenvalue weighted by molar-refractivity contribution is -0.120. The molecule has 2 heterocycles. The largest absolute Gasteiger partial charge is 0.444 e. The third-order valence-electron chi connectivity index (χ3n) is 3.70. The van der Waals surface area contributed by atoms with Gasteiger partial charge in [0.2, 0.25) is 5.91 Å². The molecule has 6 heteroatoms. The number of carbonyl (C=O) groups is 2. The van der Waals surface area contributed by atoms with Crippen LogP contribution in [0.5, 0.6) is 0 Å². The topological polar surface area (TPSA) is 58.6 Å². The fourth-order valence-electron chi connectivity index (χ4n) is 2.62. The molecule has 128 valence electrons. The van der Waals surface area contributed by atoms with Crippen molar-refractivity contribution in [1.82, 2.24) is 10.2 Å². The van der Waals surface area contributed by atoms with E-state index in [0.29, 0.717) is 25.4 Å². The van der Waals surface area contributed by atoms with Crippen molar-refractivity contribution in [3.63, 3.8) is 0 Å². The molecule has 0 aliphatic carbocycles. The van der Waals surface area contributed by atoms with Gasteiger partial charge in [0.05, 0.1) is 6.42 Å². The number of thiophene rings is 1. The van der Waals surface area contributed by atoms with E-state index in [2.05, 4.69) is 5.32 Å². The molecule has 0 radical (unpaired) electrons. The van der Waals surface area contributed by atoms with Gasteiger partial charge >= 0.3 is 6.09 Å². The average molecular weight is 338 g/mol. The summed E-state index contributed by atoms with van der Waals surface area (Å²) < 4.78 is 5.42. The van der Waals surface area contributed by atoms with Crippen LogP contribution in [0.2, 0.25) is 0 Å².